The van der Waals surface area contributed by atoms with Gasteiger partial charge in [0, 0.05) is 32.0 Å². The molecule has 0 aromatic carbocycles. The zero-order chi connectivity index (χ0) is 15.8. The Labute approximate surface area is 133 Å². The Bertz CT molecular complexity index is 365. The van der Waals surface area contributed by atoms with Gasteiger partial charge in [0.25, 0.3) is 0 Å². The summed E-state index contributed by atoms with van der Waals surface area (Å²) in [6, 6.07) is 0.304. The van der Waals surface area contributed by atoms with E-state index in [1.165, 1.54) is 25.7 Å². The first kappa shape index (κ1) is 17.3. The Balaban J connectivity index is 1.67. The number of rotatable bonds is 4. The lowest BCUT2D eigenvalue weighted by molar-refractivity contribution is -0.133. The summed E-state index contributed by atoms with van der Waals surface area (Å²) in [5.41, 5.74) is 0. The molecule has 126 valence electrons. The fourth-order valence-electron chi connectivity index (χ4n) is 3.43. The Morgan fingerprint density at radius 1 is 0.909 bits per heavy atom. The quantitative estimate of drug-likeness (QED) is 0.780. The van der Waals surface area contributed by atoms with Crippen LogP contribution in [0.1, 0.15) is 70.6 Å². The largest absolute Gasteiger partial charge is 0.393 e. The van der Waals surface area contributed by atoms with Crippen LogP contribution < -0.4 is 5.32 Å². The van der Waals surface area contributed by atoms with E-state index in [0.29, 0.717) is 25.6 Å². The number of hydrogen-bond donors (Lipinski definition) is 2. The van der Waals surface area contributed by atoms with Gasteiger partial charge in [-0.2, -0.15) is 0 Å². The zero-order valence-corrected chi connectivity index (χ0v) is 13.6. The molecule has 2 rings (SSSR count). The van der Waals surface area contributed by atoms with Crippen molar-refractivity contribution < 1.29 is 14.7 Å². The maximum Gasteiger partial charge on any atom is 0.223 e. The lowest BCUT2D eigenvalue weighted by Gasteiger charge is -2.21. The SMILES string of the molecule is O=C(CCC(=O)N1CCCC(O)CC1)NC1CCCCCC1. The van der Waals surface area contributed by atoms with Crippen LogP contribution >= 0.6 is 0 Å². The maximum atomic E-state index is 12.2. The molecule has 2 amide bonds. The van der Waals surface area contributed by atoms with Gasteiger partial charge >= 0.3 is 0 Å². The van der Waals surface area contributed by atoms with Gasteiger partial charge in [0.15, 0.2) is 0 Å². The highest BCUT2D eigenvalue weighted by Gasteiger charge is 2.20. The molecule has 5 nitrogen and oxygen atoms in total. The fourth-order valence-corrected chi connectivity index (χ4v) is 3.43. The number of aliphatic hydroxyl groups is 1. The van der Waals surface area contributed by atoms with Crippen molar-refractivity contribution in [3.05, 3.63) is 0 Å². The van der Waals surface area contributed by atoms with Gasteiger partial charge in [-0.05, 0) is 32.1 Å². The number of carbonyl (C=O) groups excluding carboxylic acids is 2. The fraction of sp³-hybridized carbons (Fsp3) is 0.882. The predicted molar refractivity (Wildman–Crippen MR) is 85.3 cm³/mol. The molecule has 2 fully saturated rings. The maximum absolute atomic E-state index is 12.2. The molecule has 5 heteroatoms. The third kappa shape index (κ3) is 5.95. The molecule has 2 N–H and O–H groups in total. The number of nitrogens with zero attached hydrogens (tertiary/aromatic N) is 1. The van der Waals surface area contributed by atoms with Gasteiger partial charge in [0.1, 0.15) is 0 Å². The third-order valence-electron chi connectivity index (χ3n) is 4.84. The Kier molecular flexibility index (Phi) is 7.16. The van der Waals surface area contributed by atoms with E-state index in [0.717, 1.165) is 25.7 Å². The second-order valence-electron chi connectivity index (χ2n) is 6.72. The number of carbonyl (C=O) groups is 2. The van der Waals surface area contributed by atoms with Gasteiger partial charge in [-0.15, -0.1) is 0 Å². The summed E-state index contributed by atoms with van der Waals surface area (Å²) in [6.07, 6.45) is 9.64. The van der Waals surface area contributed by atoms with Crippen LogP contribution in [0.3, 0.4) is 0 Å². The third-order valence-corrected chi connectivity index (χ3v) is 4.84. The van der Waals surface area contributed by atoms with E-state index in [4.69, 9.17) is 0 Å². The molecular formula is C17H30N2O3. The normalized spacial score (nSPS) is 24.4. The first-order chi connectivity index (χ1) is 10.6. The summed E-state index contributed by atoms with van der Waals surface area (Å²) in [4.78, 5) is 26.0. The van der Waals surface area contributed by atoms with E-state index in [-0.39, 0.29) is 30.8 Å². The summed E-state index contributed by atoms with van der Waals surface area (Å²) < 4.78 is 0. The average Bonchev–Trinajstić information content (AvgIpc) is 2.87. The number of amides is 2. The van der Waals surface area contributed by atoms with Crippen molar-refractivity contribution in [2.45, 2.75) is 82.8 Å². The van der Waals surface area contributed by atoms with Crippen molar-refractivity contribution >= 4 is 11.8 Å². The predicted octanol–water partition coefficient (Wildman–Crippen LogP) is 1.98. The van der Waals surface area contributed by atoms with Crippen LogP contribution in [-0.4, -0.2) is 47.1 Å². The molecule has 0 spiro atoms. The van der Waals surface area contributed by atoms with Gasteiger partial charge in [-0.1, -0.05) is 25.7 Å². The van der Waals surface area contributed by atoms with Crippen molar-refractivity contribution in [2.75, 3.05) is 13.1 Å². The van der Waals surface area contributed by atoms with Gasteiger partial charge in [0.05, 0.1) is 6.10 Å². The highest BCUT2D eigenvalue weighted by atomic mass is 16.3. The first-order valence-corrected chi connectivity index (χ1v) is 8.90. The standard InChI is InChI=1S/C17H30N2O3/c20-15-8-5-12-19(13-11-15)17(22)10-9-16(21)18-14-6-3-1-2-4-7-14/h14-15,20H,1-13H2,(H,18,21). The van der Waals surface area contributed by atoms with Crippen molar-refractivity contribution in [3.8, 4) is 0 Å². The highest BCUT2D eigenvalue weighted by molar-refractivity contribution is 5.83. The van der Waals surface area contributed by atoms with E-state index in [2.05, 4.69) is 5.32 Å². The van der Waals surface area contributed by atoms with Crippen LogP contribution in [0.5, 0.6) is 0 Å². The molecule has 0 bridgehead atoms. The zero-order valence-electron chi connectivity index (χ0n) is 13.6. The van der Waals surface area contributed by atoms with E-state index in [1.807, 2.05) is 0 Å². The van der Waals surface area contributed by atoms with Crippen molar-refractivity contribution in [1.29, 1.82) is 0 Å². The molecule has 1 saturated heterocycles. The summed E-state index contributed by atoms with van der Waals surface area (Å²) in [7, 11) is 0. The van der Waals surface area contributed by atoms with E-state index in [1.54, 1.807) is 4.90 Å². The second-order valence-corrected chi connectivity index (χ2v) is 6.72. The summed E-state index contributed by atoms with van der Waals surface area (Å²) in [5, 5.41) is 12.7. The Morgan fingerprint density at radius 3 is 2.36 bits per heavy atom. The van der Waals surface area contributed by atoms with Crippen LogP contribution in [0.25, 0.3) is 0 Å². The van der Waals surface area contributed by atoms with Crippen molar-refractivity contribution in [2.24, 2.45) is 0 Å². The molecule has 1 unspecified atom stereocenters. The van der Waals surface area contributed by atoms with E-state index < -0.39 is 0 Å². The summed E-state index contributed by atoms with van der Waals surface area (Å²) in [5.74, 6) is 0.0558. The van der Waals surface area contributed by atoms with E-state index in [9.17, 15) is 14.7 Å². The molecule has 0 aromatic heterocycles. The molecule has 1 aliphatic heterocycles. The monoisotopic (exact) mass is 310 g/mol. The molecule has 0 radical (unpaired) electrons. The lowest BCUT2D eigenvalue weighted by Crippen LogP contribution is -2.36. The van der Waals surface area contributed by atoms with Crippen molar-refractivity contribution in [1.82, 2.24) is 10.2 Å². The summed E-state index contributed by atoms with van der Waals surface area (Å²) in [6.45, 7) is 1.32. The average molecular weight is 310 g/mol. The molecule has 1 atom stereocenters. The van der Waals surface area contributed by atoms with Crippen LogP contribution in [0.2, 0.25) is 0 Å². The number of hydrogen-bond acceptors (Lipinski definition) is 3. The molecule has 22 heavy (non-hydrogen) atoms. The molecule has 1 saturated carbocycles. The topological polar surface area (TPSA) is 69.6 Å². The van der Waals surface area contributed by atoms with Gasteiger partial charge < -0.3 is 15.3 Å². The Morgan fingerprint density at radius 2 is 1.64 bits per heavy atom. The summed E-state index contributed by atoms with van der Waals surface area (Å²) >= 11 is 0. The van der Waals surface area contributed by atoms with Gasteiger partial charge in [0.2, 0.25) is 11.8 Å². The van der Waals surface area contributed by atoms with Crippen LogP contribution in [0, 0.1) is 0 Å². The minimum Gasteiger partial charge on any atom is -0.393 e. The van der Waals surface area contributed by atoms with E-state index >= 15 is 0 Å². The minimum atomic E-state index is -0.281. The molecule has 0 aromatic rings. The highest BCUT2D eigenvalue weighted by Crippen LogP contribution is 2.17. The number of aliphatic hydroxyl groups excluding tert-OH is 1. The molecular weight excluding hydrogens is 280 g/mol. The van der Waals surface area contributed by atoms with Gasteiger partial charge in [-0.25, -0.2) is 0 Å². The molecule has 1 heterocycles. The van der Waals surface area contributed by atoms with Crippen LogP contribution in [-0.2, 0) is 9.59 Å². The minimum absolute atomic E-state index is 0.00936. The molecule has 2 aliphatic rings. The van der Waals surface area contributed by atoms with Crippen LogP contribution in [0.15, 0.2) is 0 Å². The second kappa shape index (κ2) is 9.13. The first-order valence-electron chi connectivity index (χ1n) is 8.90. The van der Waals surface area contributed by atoms with Crippen molar-refractivity contribution in [3.63, 3.8) is 0 Å². The number of likely N-dealkylation sites (tertiary alicyclic amines) is 1. The van der Waals surface area contributed by atoms with Crippen LogP contribution in [0.4, 0.5) is 0 Å². The molecule has 1 aliphatic carbocycles. The lowest BCUT2D eigenvalue weighted by atomic mass is 10.1. The Hall–Kier alpha value is -1.10. The number of nitrogens with one attached hydrogen (secondary N) is 1. The smallest absolute Gasteiger partial charge is 0.223 e. The van der Waals surface area contributed by atoms with Gasteiger partial charge in [-0.3, -0.25) is 9.59 Å².